The maximum atomic E-state index is 12.2. The Morgan fingerprint density at radius 2 is 1.05 bits per heavy atom. The van der Waals surface area contributed by atoms with Crippen LogP contribution < -0.4 is 10.6 Å². The van der Waals surface area contributed by atoms with Gasteiger partial charge >= 0.3 is 11.9 Å². The zero-order valence-corrected chi connectivity index (χ0v) is 39.1. The Morgan fingerprint density at radius 3 is 1.60 bits per heavy atom. The van der Waals surface area contributed by atoms with Gasteiger partial charge in [0.2, 0.25) is 11.8 Å². The molecule has 0 aliphatic heterocycles. The van der Waals surface area contributed by atoms with Crippen LogP contribution in [0.1, 0.15) is 181 Å². The first-order chi connectivity index (χ1) is 29.8. The summed E-state index contributed by atoms with van der Waals surface area (Å²) in [6.45, 7) is 8.99. The number of methoxy groups -OCH3 is 1. The van der Waals surface area contributed by atoms with Crippen LogP contribution in [-0.2, 0) is 52.5 Å². The smallest absolute Gasteiger partial charge is 0.306 e. The van der Waals surface area contributed by atoms with Gasteiger partial charge in [0.25, 0.3) is 0 Å². The van der Waals surface area contributed by atoms with Gasteiger partial charge < -0.3 is 39.8 Å². The second kappa shape index (κ2) is 45.7. The van der Waals surface area contributed by atoms with Gasteiger partial charge in [-0.2, -0.15) is 0 Å². The SMILES string of the molecule is CCCOCC(=O)CCCOCCOCC(=O)NCCCC[C@H](C)C(C)=O.COCCNC(=O)CC[C@H](CC(=O)CCCCCCCCCCCCCCCCC(=O)O)C(=O)O. The Hall–Kier alpha value is -3.27. The van der Waals surface area contributed by atoms with Crippen molar-refractivity contribution in [2.75, 3.05) is 66.4 Å². The number of carboxylic acids is 2. The summed E-state index contributed by atoms with van der Waals surface area (Å²) in [6.07, 6.45) is 21.4. The summed E-state index contributed by atoms with van der Waals surface area (Å²) >= 11 is 0. The summed E-state index contributed by atoms with van der Waals surface area (Å²) < 4.78 is 20.6. The van der Waals surface area contributed by atoms with Crippen LogP contribution in [0.3, 0.4) is 0 Å². The highest BCUT2D eigenvalue weighted by Crippen LogP contribution is 2.17. The van der Waals surface area contributed by atoms with Gasteiger partial charge in [0.15, 0.2) is 5.78 Å². The number of amides is 2. The number of ketones is 3. The van der Waals surface area contributed by atoms with Crippen molar-refractivity contribution < 1.29 is 62.7 Å². The molecule has 0 aromatic rings. The van der Waals surface area contributed by atoms with Gasteiger partial charge in [-0.15, -0.1) is 0 Å². The fourth-order valence-electron chi connectivity index (χ4n) is 6.31. The molecule has 0 aliphatic carbocycles. The second-order valence-corrected chi connectivity index (χ2v) is 16.2. The first-order valence-corrected chi connectivity index (χ1v) is 23.6. The number of aliphatic carboxylic acids is 2. The largest absolute Gasteiger partial charge is 0.481 e. The zero-order valence-electron chi connectivity index (χ0n) is 39.1. The van der Waals surface area contributed by atoms with Crippen LogP contribution in [0, 0.1) is 11.8 Å². The van der Waals surface area contributed by atoms with E-state index in [0.717, 1.165) is 64.2 Å². The highest BCUT2D eigenvalue weighted by Gasteiger charge is 2.22. The van der Waals surface area contributed by atoms with Crippen LogP contribution in [-0.4, -0.2) is 118 Å². The van der Waals surface area contributed by atoms with E-state index >= 15 is 0 Å². The molecule has 362 valence electrons. The summed E-state index contributed by atoms with van der Waals surface area (Å²) in [6, 6.07) is 0. The molecule has 15 nitrogen and oxygen atoms in total. The molecule has 15 heteroatoms. The van der Waals surface area contributed by atoms with Gasteiger partial charge in [0.05, 0.1) is 25.7 Å². The predicted octanol–water partition coefficient (Wildman–Crippen LogP) is 7.82. The fourth-order valence-corrected chi connectivity index (χ4v) is 6.31. The Balaban J connectivity index is 0. The minimum atomic E-state index is -1.02. The lowest BCUT2D eigenvalue weighted by Gasteiger charge is -2.11. The number of ether oxygens (including phenoxy) is 4. The molecule has 0 spiro atoms. The maximum Gasteiger partial charge on any atom is 0.306 e. The summed E-state index contributed by atoms with van der Waals surface area (Å²) in [5, 5.41) is 23.4. The zero-order chi connectivity index (χ0) is 46.5. The summed E-state index contributed by atoms with van der Waals surface area (Å²) in [7, 11) is 1.54. The molecule has 0 heterocycles. The van der Waals surface area contributed by atoms with E-state index in [1.54, 1.807) is 14.0 Å². The number of Topliss-reactive ketones (excluding diaryl/α,β-unsaturated/α-hetero) is 3. The topological polar surface area (TPSA) is 221 Å². The molecule has 0 saturated carbocycles. The third kappa shape index (κ3) is 46.2. The number of rotatable bonds is 45. The Bertz CT molecular complexity index is 1170. The molecule has 0 aromatic carbocycles. The van der Waals surface area contributed by atoms with Crippen molar-refractivity contribution in [3.05, 3.63) is 0 Å². The Kier molecular flexibility index (Phi) is 44.9. The van der Waals surface area contributed by atoms with Crippen LogP contribution in [0.4, 0.5) is 0 Å². The van der Waals surface area contributed by atoms with E-state index in [1.807, 2.05) is 13.8 Å². The van der Waals surface area contributed by atoms with E-state index in [-0.39, 0.29) is 67.6 Å². The highest BCUT2D eigenvalue weighted by molar-refractivity contribution is 5.84. The molecule has 0 saturated heterocycles. The van der Waals surface area contributed by atoms with Crippen molar-refractivity contribution in [1.29, 1.82) is 0 Å². The van der Waals surface area contributed by atoms with Crippen LogP contribution in [0.25, 0.3) is 0 Å². The molecule has 0 radical (unpaired) electrons. The van der Waals surface area contributed by atoms with Gasteiger partial charge in [0, 0.05) is 71.4 Å². The number of hydrogen-bond donors (Lipinski definition) is 4. The Morgan fingerprint density at radius 1 is 0.516 bits per heavy atom. The second-order valence-electron chi connectivity index (χ2n) is 16.2. The normalized spacial score (nSPS) is 11.9. The minimum Gasteiger partial charge on any atom is -0.481 e. The summed E-state index contributed by atoms with van der Waals surface area (Å²) in [4.78, 5) is 79.9. The van der Waals surface area contributed by atoms with Crippen molar-refractivity contribution in [3.63, 3.8) is 0 Å². The molecule has 2 atom stereocenters. The lowest BCUT2D eigenvalue weighted by atomic mass is 9.94. The van der Waals surface area contributed by atoms with Crippen molar-refractivity contribution >= 4 is 41.1 Å². The third-order valence-electron chi connectivity index (χ3n) is 10.3. The average Bonchev–Trinajstić information content (AvgIpc) is 3.23. The van der Waals surface area contributed by atoms with E-state index < -0.39 is 17.9 Å². The van der Waals surface area contributed by atoms with Gasteiger partial charge in [-0.25, -0.2) is 0 Å². The first-order valence-electron chi connectivity index (χ1n) is 23.6. The summed E-state index contributed by atoms with van der Waals surface area (Å²) in [5.74, 6) is -2.51. The molecular weight excluding hydrogens is 801 g/mol. The monoisotopic (exact) mass is 887 g/mol. The van der Waals surface area contributed by atoms with Crippen LogP contribution in [0.15, 0.2) is 0 Å². The van der Waals surface area contributed by atoms with Crippen molar-refractivity contribution in [1.82, 2.24) is 10.6 Å². The molecule has 0 fully saturated rings. The highest BCUT2D eigenvalue weighted by atomic mass is 16.5. The molecule has 4 N–H and O–H groups in total. The number of carbonyl (C=O) groups is 7. The van der Waals surface area contributed by atoms with E-state index in [1.165, 1.54) is 51.4 Å². The molecule has 0 unspecified atom stereocenters. The van der Waals surface area contributed by atoms with Crippen molar-refractivity contribution in [2.45, 2.75) is 181 Å². The van der Waals surface area contributed by atoms with Crippen LogP contribution in [0.2, 0.25) is 0 Å². The van der Waals surface area contributed by atoms with E-state index in [2.05, 4.69) is 10.6 Å². The van der Waals surface area contributed by atoms with Gasteiger partial charge in [0.1, 0.15) is 24.8 Å². The van der Waals surface area contributed by atoms with Gasteiger partial charge in [-0.3, -0.25) is 33.6 Å². The number of carboxylic acid groups (broad SMARTS) is 2. The molecule has 0 bridgehead atoms. The number of hydrogen-bond acceptors (Lipinski definition) is 11. The summed E-state index contributed by atoms with van der Waals surface area (Å²) in [5.41, 5.74) is 0. The fraction of sp³-hybridized carbons (Fsp3) is 0.851. The molecule has 0 aromatic heterocycles. The molecule has 2 amide bonds. The first kappa shape index (κ1) is 60.8. The minimum absolute atomic E-state index is 0.00300. The van der Waals surface area contributed by atoms with E-state index in [0.29, 0.717) is 71.8 Å². The van der Waals surface area contributed by atoms with Gasteiger partial charge in [-0.05, 0) is 51.9 Å². The quantitative estimate of drug-likeness (QED) is 0.0429. The molecule has 62 heavy (non-hydrogen) atoms. The number of carbonyl (C=O) groups excluding carboxylic acids is 5. The van der Waals surface area contributed by atoms with Crippen molar-refractivity contribution in [2.24, 2.45) is 11.8 Å². The lowest BCUT2D eigenvalue weighted by Crippen LogP contribution is -2.29. The van der Waals surface area contributed by atoms with Gasteiger partial charge in [-0.1, -0.05) is 97.3 Å². The Labute approximate surface area is 373 Å². The van der Waals surface area contributed by atoms with Crippen LogP contribution in [0.5, 0.6) is 0 Å². The lowest BCUT2D eigenvalue weighted by molar-refractivity contribution is -0.144. The maximum absolute atomic E-state index is 12.2. The third-order valence-corrected chi connectivity index (χ3v) is 10.3. The standard InChI is InChI=1S/C27H49NO7.C20H37NO6/c1-35-21-20-28-25(30)19-18-23(27(33)34)22-24(29)16-14-12-10-8-6-4-2-3-5-7-9-11-13-15-17-26(31)32;1-4-11-26-15-19(23)9-7-12-25-13-14-27-16-20(24)21-10-6-5-8-17(2)18(3)22/h23H,2-22H2,1H3,(H,28,30)(H,31,32)(H,33,34);17H,4-16H2,1-3H3,(H,21,24)/t23-;17-/m10/s1. The molecule has 0 rings (SSSR count). The average molecular weight is 887 g/mol. The number of nitrogens with one attached hydrogen (secondary N) is 2. The van der Waals surface area contributed by atoms with Crippen molar-refractivity contribution in [3.8, 4) is 0 Å². The molecular formula is C47H86N2O13. The van der Waals surface area contributed by atoms with E-state index in [4.69, 9.17) is 24.1 Å². The number of unbranched alkanes of at least 4 members (excludes halogenated alkanes) is 14. The van der Waals surface area contributed by atoms with Crippen LogP contribution >= 0.6 is 0 Å². The predicted molar refractivity (Wildman–Crippen MR) is 240 cm³/mol. The van der Waals surface area contributed by atoms with E-state index in [9.17, 15) is 38.7 Å². The molecule has 0 aliphatic rings.